The molecule has 0 fully saturated rings. The molecule has 6 heteroatoms. The number of hydrogen-bond donors (Lipinski definition) is 1. The molecule has 0 saturated carbocycles. The van der Waals surface area contributed by atoms with Crippen LogP contribution in [0.25, 0.3) is 0 Å². The van der Waals surface area contributed by atoms with Gasteiger partial charge in [0.05, 0.1) is 6.61 Å². The Morgan fingerprint density at radius 1 is 0.857 bits per heavy atom. The predicted octanol–water partition coefficient (Wildman–Crippen LogP) is 1.96. The summed E-state index contributed by atoms with van der Waals surface area (Å²) in [6.07, 6.45) is 12.9. The van der Waals surface area contributed by atoms with E-state index in [4.69, 9.17) is 4.55 Å². The summed E-state index contributed by atoms with van der Waals surface area (Å²) in [6, 6.07) is 0. The van der Waals surface area contributed by atoms with Crippen LogP contribution in [0.1, 0.15) is 84.5 Å². The first-order valence-electron chi connectivity index (χ1n) is 7.89. The van der Waals surface area contributed by atoms with Gasteiger partial charge in [-0.05, 0) is 6.42 Å². The first kappa shape index (κ1) is 26.8. The standard InChI is InChI=1S/C12H26O4S.C3H7.Na/c1-2-3-4-5-6-7-8-9-10-11-12-16-17(13,14)15;1-3-2;/h2-12H2,1H3,(H,13,14,15);1,3H2,2H3;/q;-1;+1. The van der Waals surface area contributed by atoms with E-state index in [2.05, 4.69) is 18.0 Å². The van der Waals surface area contributed by atoms with Gasteiger partial charge in [0.2, 0.25) is 0 Å². The topological polar surface area (TPSA) is 63.6 Å². The van der Waals surface area contributed by atoms with Crippen molar-refractivity contribution >= 4 is 10.4 Å². The molecular weight excluding hydrogens is 299 g/mol. The summed E-state index contributed by atoms with van der Waals surface area (Å²) in [5.74, 6) is 0. The maximum atomic E-state index is 10.2. The summed E-state index contributed by atoms with van der Waals surface area (Å²) in [5, 5.41) is 0. The second kappa shape index (κ2) is 20.9. The summed E-state index contributed by atoms with van der Waals surface area (Å²) < 4.78 is 33.0. The van der Waals surface area contributed by atoms with Crippen molar-refractivity contribution in [1.82, 2.24) is 0 Å². The van der Waals surface area contributed by atoms with E-state index in [1.807, 2.05) is 6.92 Å². The van der Waals surface area contributed by atoms with E-state index in [1.165, 1.54) is 44.9 Å². The average molecular weight is 332 g/mol. The van der Waals surface area contributed by atoms with Crippen LogP contribution in [0, 0.1) is 6.92 Å². The fourth-order valence-electron chi connectivity index (χ4n) is 1.75. The van der Waals surface area contributed by atoms with Crippen molar-refractivity contribution in [2.24, 2.45) is 0 Å². The molecule has 0 aliphatic heterocycles. The van der Waals surface area contributed by atoms with Crippen molar-refractivity contribution in [2.75, 3.05) is 6.61 Å². The molecule has 0 aliphatic carbocycles. The molecule has 0 saturated heterocycles. The first-order chi connectivity index (χ1) is 9.47. The smallest absolute Gasteiger partial charge is 0.344 e. The van der Waals surface area contributed by atoms with Gasteiger partial charge in [0, 0.05) is 0 Å². The van der Waals surface area contributed by atoms with Crippen molar-refractivity contribution < 1.29 is 46.7 Å². The van der Waals surface area contributed by atoms with Gasteiger partial charge < -0.3 is 6.92 Å². The van der Waals surface area contributed by atoms with Crippen molar-refractivity contribution in [1.29, 1.82) is 0 Å². The quantitative estimate of drug-likeness (QED) is 0.257. The average Bonchev–Trinajstić information content (AvgIpc) is 2.35. The number of hydrogen-bond acceptors (Lipinski definition) is 3. The molecule has 0 spiro atoms. The van der Waals surface area contributed by atoms with Gasteiger partial charge in [0.25, 0.3) is 0 Å². The van der Waals surface area contributed by atoms with Crippen molar-refractivity contribution in [3.63, 3.8) is 0 Å². The second-order valence-corrected chi connectivity index (χ2v) is 6.02. The molecular formula is C15H33NaO4S. The third-order valence-corrected chi connectivity index (χ3v) is 3.19. The molecule has 0 aliphatic rings. The van der Waals surface area contributed by atoms with Gasteiger partial charge >= 0.3 is 40.0 Å². The molecule has 0 aromatic heterocycles. The van der Waals surface area contributed by atoms with Crippen LogP contribution in [0.5, 0.6) is 0 Å². The van der Waals surface area contributed by atoms with Crippen molar-refractivity contribution in [2.45, 2.75) is 84.5 Å². The first-order valence-corrected chi connectivity index (χ1v) is 9.25. The van der Waals surface area contributed by atoms with Crippen LogP contribution in [-0.2, 0) is 14.6 Å². The number of unbranched alkanes of at least 4 members (excludes halogenated alkanes) is 9. The van der Waals surface area contributed by atoms with E-state index in [9.17, 15) is 8.42 Å². The Kier molecular flexibility index (Phi) is 26.6. The molecule has 0 aromatic carbocycles. The van der Waals surface area contributed by atoms with Gasteiger partial charge in [-0.25, -0.2) is 4.18 Å². The SMILES string of the molecule is CCCCCCCCCCCCOS(=O)(=O)O.[CH2-]CC.[Na+]. The van der Waals surface area contributed by atoms with E-state index in [1.54, 1.807) is 0 Å². The van der Waals surface area contributed by atoms with E-state index in [0.717, 1.165) is 19.3 Å². The van der Waals surface area contributed by atoms with Crippen LogP contribution >= 0.6 is 0 Å². The molecule has 0 rings (SSSR count). The summed E-state index contributed by atoms with van der Waals surface area (Å²) >= 11 is 0. The molecule has 0 bridgehead atoms. The maximum absolute atomic E-state index is 10.2. The van der Waals surface area contributed by atoms with Crippen molar-refractivity contribution in [3.05, 3.63) is 6.92 Å². The molecule has 4 nitrogen and oxygen atoms in total. The Labute approximate surface area is 154 Å². The molecule has 0 aromatic rings. The Bertz CT molecular complexity index is 269. The molecule has 0 unspecified atom stereocenters. The van der Waals surface area contributed by atoms with E-state index >= 15 is 0 Å². The van der Waals surface area contributed by atoms with Crippen LogP contribution in [0.2, 0.25) is 0 Å². The zero-order valence-corrected chi connectivity index (χ0v) is 17.1. The minimum absolute atomic E-state index is 0. The van der Waals surface area contributed by atoms with Crippen LogP contribution in [0.15, 0.2) is 0 Å². The third kappa shape index (κ3) is 33.6. The summed E-state index contributed by atoms with van der Waals surface area (Å²) in [7, 11) is -4.23. The molecule has 0 radical (unpaired) electrons. The molecule has 0 heterocycles. The van der Waals surface area contributed by atoms with Crippen LogP contribution in [-0.4, -0.2) is 19.6 Å². The Hall–Kier alpha value is 0.870. The van der Waals surface area contributed by atoms with Gasteiger partial charge in [-0.1, -0.05) is 71.6 Å². The van der Waals surface area contributed by atoms with E-state index in [-0.39, 0.29) is 36.2 Å². The minimum atomic E-state index is -4.23. The Morgan fingerprint density at radius 2 is 1.19 bits per heavy atom. The van der Waals surface area contributed by atoms with Gasteiger partial charge in [-0.15, -0.1) is 0 Å². The van der Waals surface area contributed by atoms with E-state index in [0.29, 0.717) is 6.42 Å². The fourth-order valence-corrected chi connectivity index (χ4v) is 2.08. The Morgan fingerprint density at radius 3 is 1.52 bits per heavy atom. The molecule has 0 amide bonds. The van der Waals surface area contributed by atoms with E-state index < -0.39 is 10.4 Å². The summed E-state index contributed by atoms with van der Waals surface area (Å²) in [4.78, 5) is 0. The molecule has 124 valence electrons. The minimum Gasteiger partial charge on any atom is -0.344 e. The number of rotatable bonds is 12. The van der Waals surface area contributed by atoms with Gasteiger partial charge in [-0.3, -0.25) is 4.55 Å². The summed E-state index contributed by atoms with van der Waals surface area (Å²) in [6.45, 7) is 7.81. The molecule has 0 atom stereocenters. The molecule has 21 heavy (non-hydrogen) atoms. The monoisotopic (exact) mass is 332 g/mol. The fraction of sp³-hybridized carbons (Fsp3) is 0.933. The Balaban J connectivity index is -0.000000740. The largest absolute Gasteiger partial charge is 1.00 e. The third-order valence-electron chi connectivity index (χ3n) is 2.73. The summed E-state index contributed by atoms with van der Waals surface area (Å²) in [5.41, 5.74) is 0. The second-order valence-electron chi connectivity index (χ2n) is 4.93. The van der Waals surface area contributed by atoms with Crippen LogP contribution < -0.4 is 29.6 Å². The maximum Gasteiger partial charge on any atom is 1.00 e. The van der Waals surface area contributed by atoms with Crippen LogP contribution in [0.4, 0.5) is 0 Å². The van der Waals surface area contributed by atoms with Gasteiger partial charge in [-0.2, -0.15) is 14.8 Å². The predicted molar refractivity (Wildman–Crippen MR) is 85.0 cm³/mol. The zero-order valence-electron chi connectivity index (χ0n) is 14.3. The normalized spacial score (nSPS) is 10.5. The zero-order chi connectivity index (χ0) is 15.7. The molecule has 1 N–H and O–H groups in total. The van der Waals surface area contributed by atoms with Gasteiger partial charge in [0.1, 0.15) is 0 Å². The van der Waals surface area contributed by atoms with Crippen LogP contribution in [0.3, 0.4) is 0 Å². The van der Waals surface area contributed by atoms with Crippen molar-refractivity contribution in [3.8, 4) is 0 Å². The van der Waals surface area contributed by atoms with Gasteiger partial charge in [0.15, 0.2) is 0 Å².